The first-order chi connectivity index (χ1) is 10.8. The summed E-state index contributed by atoms with van der Waals surface area (Å²) in [5, 5.41) is 8.99. The smallest absolute Gasteiger partial charge is 0.394 e. The molecule has 0 unspecified atom stereocenters. The van der Waals surface area contributed by atoms with Crippen molar-refractivity contribution in [2.45, 2.75) is 6.18 Å². The Balaban J connectivity index is 1.92. The number of aromatic nitrogens is 3. The van der Waals surface area contributed by atoms with Gasteiger partial charge in [-0.15, -0.1) is 0 Å². The van der Waals surface area contributed by atoms with E-state index in [-0.39, 0.29) is 11.3 Å². The van der Waals surface area contributed by atoms with Gasteiger partial charge in [-0.05, 0) is 0 Å². The normalized spacial score (nSPS) is 21.8. The lowest BCUT2D eigenvalue weighted by molar-refractivity contribution is -0.187. The summed E-state index contributed by atoms with van der Waals surface area (Å²) in [4.78, 5) is 32.2. The third kappa shape index (κ3) is 2.60. The third-order valence-electron chi connectivity index (χ3n) is 3.86. The monoisotopic (exact) mass is 328 g/mol. The summed E-state index contributed by atoms with van der Waals surface area (Å²) in [6, 6.07) is 0. The number of carbonyl (C=O) groups is 2. The van der Waals surface area contributed by atoms with E-state index in [4.69, 9.17) is 5.11 Å². The molecule has 2 atom stereocenters. The van der Waals surface area contributed by atoms with E-state index >= 15 is 0 Å². The third-order valence-corrected chi connectivity index (χ3v) is 3.86. The number of carbonyl (C=O) groups excluding carboxylic acids is 1. The number of fused-ring (bicyclic) bond motifs is 1. The molecule has 0 spiro atoms. The van der Waals surface area contributed by atoms with Crippen molar-refractivity contribution < 1.29 is 27.9 Å². The van der Waals surface area contributed by atoms with Gasteiger partial charge in [-0.1, -0.05) is 0 Å². The van der Waals surface area contributed by atoms with Crippen LogP contribution in [0.25, 0.3) is 5.65 Å². The molecular formula is C13H11F3N4O3. The molecule has 1 fully saturated rings. The molecule has 1 aliphatic rings. The highest BCUT2D eigenvalue weighted by Gasteiger charge is 2.53. The lowest BCUT2D eigenvalue weighted by atomic mass is 9.96. The number of imidazole rings is 1. The van der Waals surface area contributed by atoms with Crippen LogP contribution in [-0.4, -0.2) is 55.5 Å². The van der Waals surface area contributed by atoms with Gasteiger partial charge in [-0.2, -0.15) is 13.2 Å². The summed E-state index contributed by atoms with van der Waals surface area (Å²) in [6.07, 6.45) is 1.17. The zero-order valence-corrected chi connectivity index (χ0v) is 11.6. The zero-order chi connectivity index (χ0) is 16.8. The molecular weight excluding hydrogens is 317 g/mol. The van der Waals surface area contributed by atoms with E-state index in [0.29, 0.717) is 0 Å². The predicted molar refractivity (Wildman–Crippen MR) is 69.6 cm³/mol. The quantitative estimate of drug-likeness (QED) is 0.891. The van der Waals surface area contributed by atoms with Crippen molar-refractivity contribution in [3.05, 3.63) is 30.5 Å². The number of rotatable bonds is 2. The molecule has 3 rings (SSSR count). The van der Waals surface area contributed by atoms with E-state index in [2.05, 4.69) is 9.97 Å². The molecule has 1 saturated heterocycles. The van der Waals surface area contributed by atoms with Gasteiger partial charge in [-0.25, -0.2) is 9.97 Å². The van der Waals surface area contributed by atoms with Crippen LogP contribution in [0.5, 0.6) is 0 Å². The van der Waals surface area contributed by atoms with Crippen molar-refractivity contribution in [2.75, 3.05) is 13.1 Å². The van der Waals surface area contributed by atoms with E-state index in [0.717, 1.165) is 4.90 Å². The summed E-state index contributed by atoms with van der Waals surface area (Å²) in [7, 11) is 0. The average molecular weight is 328 g/mol. The predicted octanol–water partition coefficient (Wildman–Crippen LogP) is 1.06. The second-order valence-electron chi connectivity index (χ2n) is 5.24. The number of halogens is 3. The van der Waals surface area contributed by atoms with Gasteiger partial charge < -0.3 is 14.4 Å². The molecule has 0 bridgehead atoms. The van der Waals surface area contributed by atoms with Crippen molar-refractivity contribution in [3.63, 3.8) is 0 Å². The molecule has 0 saturated carbocycles. The number of carboxylic acid groups (broad SMARTS) is 1. The number of alkyl halides is 3. The summed E-state index contributed by atoms with van der Waals surface area (Å²) in [6.45, 7) is -1.22. The second-order valence-corrected chi connectivity index (χ2v) is 5.24. The molecule has 2 aromatic heterocycles. The molecule has 1 N–H and O–H groups in total. The Labute approximate surface area is 127 Å². The summed E-state index contributed by atoms with van der Waals surface area (Å²) >= 11 is 0. The molecule has 122 valence electrons. The lowest BCUT2D eigenvalue weighted by Crippen LogP contribution is -2.34. The van der Waals surface area contributed by atoms with Gasteiger partial charge in [0.25, 0.3) is 5.91 Å². The highest BCUT2D eigenvalue weighted by molar-refractivity contribution is 5.98. The molecule has 0 aromatic carbocycles. The van der Waals surface area contributed by atoms with Gasteiger partial charge in [0.1, 0.15) is 0 Å². The van der Waals surface area contributed by atoms with Crippen molar-refractivity contribution in [3.8, 4) is 0 Å². The lowest BCUT2D eigenvalue weighted by Gasteiger charge is -2.18. The Morgan fingerprint density at radius 3 is 2.39 bits per heavy atom. The van der Waals surface area contributed by atoms with Crippen molar-refractivity contribution in [1.82, 2.24) is 19.3 Å². The maximum atomic E-state index is 13.0. The molecule has 7 nitrogen and oxygen atoms in total. The topological polar surface area (TPSA) is 87.8 Å². The van der Waals surface area contributed by atoms with Crippen LogP contribution < -0.4 is 0 Å². The van der Waals surface area contributed by atoms with Crippen molar-refractivity contribution in [1.29, 1.82) is 0 Å². The minimum atomic E-state index is -4.69. The Hall–Kier alpha value is -2.65. The molecule has 3 heterocycles. The largest absolute Gasteiger partial charge is 0.481 e. The highest BCUT2D eigenvalue weighted by Crippen LogP contribution is 2.38. The molecule has 1 amide bonds. The number of amides is 1. The number of aliphatic carboxylic acids is 1. The minimum Gasteiger partial charge on any atom is -0.481 e. The summed E-state index contributed by atoms with van der Waals surface area (Å²) in [5.41, 5.74) is 0.101. The Morgan fingerprint density at radius 2 is 1.83 bits per heavy atom. The number of carboxylic acids is 1. The van der Waals surface area contributed by atoms with E-state index in [1.807, 2.05) is 0 Å². The fraction of sp³-hybridized carbons (Fsp3) is 0.385. The van der Waals surface area contributed by atoms with Gasteiger partial charge in [-0.3, -0.25) is 9.59 Å². The fourth-order valence-corrected chi connectivity index (χ4v) is 2.71. The standard InChI is InChI=1S/C13H11F3N4O3/c14-13(15,16)8-6-20(5-7(8)12(22)23)11(21)9-10-18-2-4-19(10)3-1-17-9/h1-4,7-8H,5-6H2,(H,22,23)/t7-,8-/m1/s1. The molecule has 0 aliphatic carbocycles. The van der Waals surface area contributed by atoms with Gasteiger partial charge in [0.2, 0.25) is 0 Å². The minimum absolute atomic E-state index is 0.107. The van der Waals surface area contributed by atoms with Crippen LogP contribution in [0, 0.1) is 11.8 Å². The van der Waals surface area contributed by atoms with Gasteiger partial charge in [0.15, 0.2) is 11.3 Å². The van der Waals surface area contributed by atoms with Crippen LogP contribution in [0.1, 0.15) is 10.5 Å². The van der Waals surface area contributed by atoms with E-state index < -0.39 is 43.0 Å². The molecule has 2 aromatic rings. The van der Waals surface area contributed by atoms with Gasteiger partial charge >= 0.3 is 12.1 Å². The van der Waals surface area contributed by atoms with Crippen LogP contribution >= 0.6 is 0 Å². The first-order valence-electron chi connectivity index (χ1n) is 6.65. The van der Waals surface area contributed by atoms with Crippen LogP contribution in [-0.2, 0) is 4.79 Å². The average Bonchev–Trinajstić information content (AvgIpc) is 3.12. The summed E-state index contributed by atoms with van der Waals surface area (Å²) in [5.74, 6) is -6.11. The molecule has 1 aliphatic heterocycles. The van der Waals surface area contributed by atoms with Gasteiger partial charge in [0, 0.05) is 37.9 Å². The second kappa shape index (κ2) is 5.21. The molecule has 0 radical (unpaired) electrons. The first kappa shape index (κ1) is 15.3. The van der Waals surface area contributed by atoms with Crippen LogP contribution in [0.15, 0.2) is 24.8 Å². The van der Waals surface area contributed by atoms with E-state index in [1.54, 1.807) is 12.4 Å². The number of likely N-dealkylation sites (tertiary alicyclic amines) is 1. The molecule has 10 heteroatoms. The maximum Gasteiger partial charge on any atom is 0.394 e. The Bertz CT molecular complexity index is 773. The molecule has 23 heavy (non-hydrogen) atoms. The van der Waals surface area contributed by atoms with Gasteiger partial charge in [0.05, 0.1) is 11.8 Å². The number of nitrogens with zero attached hydrogens (tertiary/aromatic N) is 4. The highest BCUT2D eigenvalue weighted by atomic mass is 19.4. The Morgan fingerprint density at radius 1 is 1.17 bits per heavy atom. The number of hydrogen-bond donors (Lipinski definition) is 1. The van der Waals surface area contributed by atoms with E-state index in [9.17, 15) is 22.8 Å². The summed E-state index contributed by atoms with van der Waals surface area (Å²) < 4.78 is 40.4. The van der Waals surface area contributed by atoms with Crippen molar-refractivity contribution >= 4 is 17.5 Å². The zero-order valence-electron chi connectivity index (χ0n) is 11.6. The van der Waals surface area contributed by atoms with Crippen LogP contribution in [0.2, 0.25) is 0 Å². The van der Waals surface area contributed by atoms with E-state index in [1.165, 1.54) is 16.8 Å². The fourth-order valence-electron chi connectivity index (χ4n) is 2.71. The first-order valence-corrected chi connectivity index (χ1v) is 6.65. The number of hydrogen-bond acceptors (Lipinski definition) is 4. The van der Waals surface area contributed by atoms with Crippen LogP contribution in [0.3, 0.4) is 0 Å². The SMILES string of the molecule is O=C(O)[C@@H]1CN(C(=O)c2nccn3ccnc23)C[C@H]1C(F)(F)F. The Kier molecular flexibility index (Phi) is 3.46. The maximum absolute atomic E-state index is 13.0. The van der Waals surface area contributed by atoms with Crippen LogP contribution in [0.4, 0.5) is 13.2 Å². The van der Waals surface area contributed by atoms with Crippen molar-refractivity contribution in [2.24, 2.45) is 11.8 Å².